The van der Waals surface area contributed by atoms with Crippen LogP contribution in [0, 0.1) is 23.0 Å². The fraction of sp³-hybridized carbons (Fsp3) is 0.466. The van der Waals surface area contributed by atoms with Crippen molar-refractivity contribution in [3.05, 3.63) is 120 Å². The van der Waals surface area contributed by atoms with Crippen LogP contribution >= 0.6 is 0 Å². The van der Waals surface area contributed by atoms with Gasteiger partial charge in [0.1, 0.15) is 42.3 Å². The van der Waals surface area contributed by atoms with E-state index in [0.29, 0.717) is 36.3 Å². The summed E-state index contributed by atoms with van der Waals surface area (Å²) >= 11 is 0. The van der Waals surface area contributed by atoms with Gasteiger partial charge in [-0.1, -0.05) is 83.5 Å². The van der Waals surface area contributed by atoms with E-state index < -0.39 is 77.2 Å². The van der Waals surface area contributed by atoms with E-state index in [-0.39, 0.29) is 100.0 Å². The first-order valence-corrected chi connectivity index (χ1v) is 27.0. The van der Waals surface area contributed by atoms with Crippen molar-refractivity contribution in [1.82, 2.24) is 40.6 Å². The zero-order valence-electron chi connectivity index (χ0n) is 47.0. The number of amides is 9. The molecule has 8 N–H and O–H groups in total. The predicted octanol–water partition coefficient (Wildman–Crippen LogP) is 6.00. The van der Waals surface area contributed by atoms with Crippen LogP contribution in [-0.2, 0) is 51.4 Å². The van der Waals surface area contributed by atoms with Crippen molar-refractivity contribution in [2.24, 2.45) is 17.1 Å². The topological polar surface area (TPSA) is 286 Å². The van der Waals surface area contributed by atoms with Crippen LogP contribution in [0.2, 0.25) is 0 Å². The highest BCUT2D eigenvalue weighted by Crippen LogP contribution is 2.40. The number of urea groups is 1. The van der Waals surface area contributed by atoms with E-state index in [1.807, 2.05) is 51.1 Å². The fourth-order valence-electron chi connectivity index (χ4n) is 9.16. The van der Waals surface area contributed by atoms with Gasteiger partial charge in [-0.25, -0.2) is 23.4 Å². The molecule has 9 amide bonds. The van der Waals surface area contributed by atoms with Crippen molar-refractivity contribution >= 4 is 53.3 Å². The molecule has 21 nitrogen and oxygen atoms in total. The molecule has 0 fully saturated rings. The van der Waals surface area contributed by atoms with Crippen molar-refractivity contribution in [1.29, 1.82) is 0 Å². The molecule has 0 spiro atoms. The number of hydrogen-bond donors (Lipinski definition) is 7. The maximum Gasteiger partial charge on any atom is 0.407 e. The predicted molar refractivity (Wildman–Crippen MR) is 297 cm³/mol. The molecule has 0 bridgehead atoms. The number of carbonyl (C=O) groups excluding carboxylic acids is 8. The molecule has 23 heteroatoms. The Balaban J connectivity index is 1.21. The highest BCUT2D eigenvalue weighted by atomic mass is 19.1. The lowest BCUT2D eigenvalue weighted by Gasteiger charge is -2.41. The Bertz CT molecular complexity index is 2820. The molecule has 5 atom stereocenters. The van der Waals surface area contributed by atoms with Crippen LogP contribution in [0.4, 0.5) is 24.1 Å². The first-order valence-electron chi connectivity index (χ1n) is 27.0. The summed E-state index contributed by atoms with van der Waals surface area (Å²) in [7, 11) is 1.45. The summed E-state index contributed by atoms with van der Waals surface area (Å²) in [5, 5.41) is 24.3. The quantitative estimate of drug-likeness (QED) is 0.0234. The van der Waals surface area contributed by atoms with Gasteiger partial charge in [0.15, 0.2) is 0 Å². The zero-order chi connectivity index (χ0) is 59.4. The highest BCUT2D eigenvalue weighted by Gasteiger charge is 2.40. The van der Waals surface area contributed by atoms with Crippen molar-refractivity contribution in [2.75, 3.05) is 38.7 Å². The summed E-state index contributed by atoms with van der Waals surface area (Å²) in [6.45, 7) is 10.9. The van der Waals surface area contributed by atoms with Gasteiger partial charge in [-0.3, -0.25) is 33.7 Å². The number of nitrogens with zero attached hydrogens (tertiary/aromatic N) is 4. The van der Waals surface area contributed by atoms with Gasteiger partial charge in [-0.05, 0) is 91.8 Å². The number of aliphatic hydroxyl groups is 1. The van der Waals surface area contributed by atoms with Gasteiger partial charge in [0.2, 0.25) is 17.7 Å². The highest BCUT2D eigenvalue weighted by molar-refractivity contribution is 6.12. The van der Waals surface area contributed by atoms with Crippen molar-refractivity contribution < 1.29 is 61.7 Å². The van der Waals surface area contributed by atoms with E-state index in [4.69, 9.17) is 20.2 Å². The minimum atomic E-state index is -1.45. The number of imide groups is 1. The molecule has 0 saturated heterocycles. The van der Waals surface area contributed by atoms with E-state index in [1.165, 1.54) is 31.1 Å². The molecule has 0 aliphatic carbocycles. The molecule has 0 saturated carbocycles. The summed E-state index contributed by atoms with van der Waals surface area (Å²) in [4.78, 5) is 110. The SMILES string of the molecule is COC[C@@H](CCN(C(=O)[C@H](C)O)[C@@H](c1nc(-c2cc(F)ccc2F)cn1Cc1ccccc1)C(C)(C)C)NC(=O)OCc1ccc(NC(=O)[C@H](CCCNC(N)=O)NC(=O)[C@@H](NC(=O)CCCCCN2C(=O)C=CC2=O)C(C)C)cc1. The molecule has 0 unspecified atom stereocenters. The Hall–Kier alpha value is -8.05. The van der Waals surface area contributed by atoms with E-state index >= 15 is 4.39 Å². The van der Waals surface area contributed by atoms with E-state index in [9.17, 15) is 47.9 Å². The number of benzene rings is 3. The number of hydrogen-bond acceptors (Lipinski definition) is 12. The third-order valence-electron chi connectivity index (χ3n) is 13.3. The van der Waals surface area contributed by atoms with Crippen LogP contribution < -0.4 is 32.3 Å². The Morgan fingerprint density at radius 1 is 0.827 bits per heavy atom. The van der Waals surface area contributed by atoms with Gasteiger partial charge in [0.05, 0.1) is 24.4 Å². The number of aromatic nitrogens is 2. The van der Waals surface area contributed by atoms with Crippen molar-refractivity contribution in [2.45, 2.75) is 130 Å². The zero-order valence-corrected chi connectivity index (χ0v) is 47.0. The number of nitrogens with one attached hydrogen (secondary N) is 5. The van der Waals surface area contributed by atoms with Crippen molar-refractivity contribution in [3.63, 3.8) is 0 Å². The van der Waals surface area contributed by atoms with Crippen LogP contribution in [0.25, 0.3) is 11.3 Å². The summed E-state index contributed by atoms with van der Waals surface area (Å²) in [5.41, 5.74) is 6.31. The molecule has 4 aromatic rings. The number of halogens is 2. The number of alkyl carbamates (subject to hydrolysis) is 1. The summed E-state index contributed by atoms with van der Waals surface area (Å²) in [5.74, 6) is -4.31. The molecule has 1 aliphatic rings. The standard InChI is InChI=1S/C58H76F2N10O11/c1-36(2)50(67-47(72)18-12-9-13-29-69-48(73)25-26-49(69)74)54(76)66-45(17-14-28-62-56(61)78)53(75)63-41-22-19-39(20-23-41)34-81-57(79)64-42(35-80-7)27-30-70(55(77)37(3)71)51(58(4,5)6)52-65-46(43-31-40(59)21-24-44(43)60)33-68(52)32-38-15-10-8-11-16-38/h8,10-11,15-16,19-26,31,33,36-37,42,45,50-51,71H,9,12-14,17-18,27-30,32,34-35H2,1-7H3,(H,63,75)(H,64,79)(H,66,76)(H,67,72)(H3,61,62,78)/t37-,42+,45-,50-,51-/m0/s1. The Morgan fingerprint density at radius 3 is 2.15 bits per heavy atom. The lowest BCUT2D eigenvalue weighted by Crippen LogP contribution is -2.54. The van der Waals surface area contributed by atoms with E-state index in [1.54, 1.807) is 48.9 Å². The van der Waals surface area contributed by atoms with Crippen molar-refractivity contribution in [3.8, 4) is 11.3 Å². The summed E-state index contributed by atoms with van der Waals surface area (Å²) in [6, 6.07) is 14.5. The largest absolute Gasteiger partial charge is 0.445 e. The van der Waals surface area contributed by atoms with Gasteiger partial charge in [0, 0.05) is 69.3 Å². The molecule has 5 rings (SSSR count). The van der Waals surface area contributed by atoms with E-state index in [2.05, 4.69) is 26.6 Å². The number of primary amides is 1. The number of imidazole rings is 1. The lowest BCUT2D eigenvalue weighted by molar-refractivity contribution is -0.145. The number of aliphatic hydroxyl groups excluding tert-OH is 1. The molecule has 1 aromatic heterocycles. The van der Waals surface area contributed by atoms with Gasteiger partial charge in [0.25, 0.3) is 17.7 Å². The molecule has 3 aromatic carbocycles. The Morgan fingerprint density at radius 2 is 1.52 bits per heavy atom. The summed E-state index contributed by atoms with van der Waals surface area (Å²) < 4.78 is 42.6. The maximum atomic E-state index is 15.3. The van der Waals surface area contributed by atoms with Crippen LogP contribution in [0.15, 0.2) is 91.1 Å². The molecule has 438 valence electrons. The summed E-state index contributed by atoms with van der Waals surface area (Å²) in [6.07, 6.45) is 3.86. The van der Waals surface area contributed by atoms with Crippen LogP contribution in [0.3, 0.4) is 0 Å². The van der Waals surface area contributed by atoms with Gasteiger partial charge < -0.3 is 56.4 Å². The van der Waals surface area contributed by atoms with Gasteiger partial charge in [-0.15, -0.1) is 0 Å². The maximum absolute atomic E-state index is 15.3. The number of methoxy groups -OCH3 is 1. The monoisotopic (exact) mass is 1130 g/mol. The third kappa shape index (κ3) is 19.6. The first-order chi connectivity index (χ1) is 38.4. The number of ether oxygens (including phenoxy) is 2. The molecular formula is C58H76F2N10O11. The number of nitrogens with two attached hydrogens (primary N) is 1. The minimum absolute atomic E-state index is 0.0105. The number of unbranched alkanes of at least 4 members (excludes halogenated alkanes) is 2. The second-order valence-electron chi connectivity index (χ2n) is 21.3. The van der Waals surface area contributed by atoms with Crippen LogP contribution in [-0.4, -0.2) is 130 Å². The molecule has 0 radical (unpaired) electrons. The smallest absolute Gasteiger partial charge is 0.407 e. The van der Waals surface area contributed by atoms with Gasteiger partial charge in [-0.2, -0.15) is 0 Å². The number of anilines is 1. The molecule has 1 aliphatic heterocycles. The molecule has 81 heavy (non-hydrogen) atoms. The second kappa shape index (κ2) is 30.5. The van der Waals surface area contributed by atoms with Gasteiger partial charge >= 0.3 is 12.1 Å². The number of rotatable bonds is 30. The average molecular weight is 1130 g/mol. The lowest BCUT2D eigenvalue weighted by atomic mass is 9.84. The normalized spacial score (nSPS) is 14.2. The first kappa shape index (κ1) is 63.8. The van der Waals surface area contributed by atoms with E-state index in [0.717, 1.165) is 28.7 Å². The number of carbonyl (C=O) groups is 8. The molecule has 2 heterocycles. The Kier molecular flexibility index (Phi) is 24.0. The Labute approximate surface area is 470 Å². The second-order valence-corrected chi connectivity index (χ2v) is 21.3. The van der Waals surface area contributed by atoms with Crippen LogP contribution in [0.1, 0.15) is 109 Å². The van der Waals surface area contributed by atoms with Crippen LogP contribution in [0.5, 0.6) is 0 Å². The third-order valence-corrected chi connectivity index (χ3v) is 13.3. The fourth-order valence-corrected chi connectivity index (χ4v) is 9.16. The molecular weight excluding hydrogens is 1050 g/mol. The minimum Gasteiger partial charge on any atom is -0.445 e. The average Bonchev–Trinajstić information content (AvgIpc) is 4.05.